The molecule has 0 aliphatic carbocycles. The number of halogens is 1. The summed E-state index contributed by atoms with van der Waals surface area (Å²) in [7, 11) is 0. The van der Waals surface area contributed by atoms with Gasteiger partial charge in [0.25, 0.3) is 0 Å². The van der Waals surface area contributed by atoms with Crippen LogP contribution in [0.1, 0.15) is 34.1 Å². The third kappa shape index (κ3) is 4.64. The van der Waals surface area contributed by atoms with Gasteiger partial charge in [0.15, 0.2) is 5.13 Å². The van der Waals surface area contributed by atoms with E-state index in [-0.39, 0.29) is 12.1 Å². The van der Waals surface area contributed by atoms with Crippen molar-refractivity contribution in [2.45, 2.75) is 45.8 Å². The molecule has 1 N–H and O–H groups in total. The minimum absolute atomic E-state index is 0.216. The zero-order valence-corrected chi connectivity index (χ0v) is 17.4. The van der Waals surface area contributed by atoms with Crippen LogP contribution in [0.15, 0.2) is 22.7 Å². The highest BCUT2D eigenvalue weighted by Gasteiger charge is 2.32. The van der Waals surface area contributed by atoms with E-state index in [1.807, 2.05) is 37.8 Å². The molecule has 2 aromatic rings. The molecule has 1 amide bonds. The Morgan fingerprint density at radius 2 is 2.24 bits per heavy atom. The van der Waals surface area contributed by atoms with Gasteiger partial charge in [0.2, 0.25) is 0 Å². The van der Waals surface area contributed by atoms with Crippen LogP contribution in [0.5, 0.6) is 0 Å². The maximum Gasteiger partial charge on any atom is 0.410 e. The van der Waals surface area contributed by atoms with Crippen LogP contribution in [0.25, 0.3) is 10.2 Å². The van der Waals surface area contributed by atoms with Crippen molar-refractivity contribution in [3.8, 4) is 0 Å². The van der Waals surface area contributed by atoms with Crippen molar-refractivity contribution in [1.29, 1.82) is 0 Å². The molecule has 0 radical (unpaired) electrons. The second-order valence-corrected chi connectivity index (χ2v) is 9.49. The van der Waals surface area contributed by atoms with E-state index in [9.17, 15) is 4.79 Å². The first-order valence-electron chi connectivity index (χ1n) is 8.52. The molecule has 2 unspecified atom stereocenters. The standard InChI is InChI=1S/C18H24BrN3O2S/c1-11(12-7-8-22(10-12)17(23)24-18(2,3)4)20-16-21-14-6-5-13(19)9-15(14)25-16/h5-6,9,11-12H,7-8,10H2,1-4H3,(H,20,21). The second kappa shape index (κ2) is 7.11. The van der Waals surface area contributed by atoms with Crippen molar-refractivity contribution < 1.29 is 9.53 Å². The number of hydrogen-bond acceptors (Lipinski definition) is 5. The average Bonchev–Trinajstić information content (AvgIpc) is 3.11. The van der Waals surface area contributed by atoms with Gasteiger partial charge in [0, 0.05) is 23.6 Å². The summed E-state index contributed by atoms with van der Waals surface area (Å²) in [5.41, 5.74) is 0.554. The fourth-order valence-electron chi connectivity index (χ4n) is 2.96. The van der Waals surface area contributed by atoms with E-state index in [1.54, 1.807) is 11.3 Å². The van der Waals surface area contributed by atoms with Crippen molar-refractivity contribution in [3.05, 3.63) is 22.7 Å². The second-order valence-electron chi connectivity index (χ2n) is 7.54. The third-order valence-electron chi connectivity index (χ3n) is 4.29. The van der Waals surface area contributed by atoms with Crippen LogP contribution in [0.2, 0.25) is 0 Å². The van der Waals surface area contributed by atoms with Gasteiger partial charge in [-0.05, 0) is 58.2 Å². The Hall–Kier alpha value is -1.34. The van der Waals surface area contributed by atoms with Gasteiger partial charge in [-0.15, -0.1) is 0 Å². The number of rotatable bonds is 3. The maximum absolute atomic E-state index is 12.2. The quantitative estimate of drug-likeness (QED) is 0.741. The Morgan fingerprint density at radius 3 is 2.96 bits per heavy atom. The molecule has 0 bridgehead atoms. The number of amides is 1. The molecule has 136 valence electrons. The first-order chi connectivity index (χ1) is 11.7. The molecular weight excluding hydrogens is 402 g/mol. The number of aromatic nitrogens is 1. The highest BCUT2D eigenvalue weighted by Crippen LogP contribution is 2.30. The molecular formula is C18H24BrN3O2S. The number of anilines is 1. The molecule has 1 aliphatic rings. The summed E-state index contributed by atoms with van der Waals surface area (Å²) >= 11 is 5.15. The average molecular weight is 426 g/mol. The Morgan fingerprint density at radius 1 is 1.48 bits per heavy atom. The molecule has 1 aromatic heterocycles. The van der Waals surface area contributed by atoms with Gasteiger partial charge in [-0.25, -0.2) is 9.78 Å². The molecule has 1 saturated heterocycles. The van der Waals surface area contributed by atoms with Gasteiger partial charge in [0.05, 0.1) is 10.2 Å². The lowest BCUT2D eigenvalue weighted by atomic mass is 10.0. The summed E-state index contributed by atoms with van der Waals surface area (Å²) in [5.74, 6) is 0.395. The van der Waals surface area contributed by atoms with Crippen molar-refractivity contribution in [3.63, 3.8) is 0 Å². The zero-order valence-electron chi connectivity index (χ0n) is 15.0. The molecule has 2 heterocycles. The number of ether oxygens (including phenoxy) is 1. The predicted octanol–water partition coefficient (Wildman–Crippen LogP) is 5.12. The van der Waals surface area contributed by atoms with Crippen molar-refractivity contribution in [2.24, 2.45) is 5.92 Å². The van der Waals surface area contributed by atoms with Gasteiger partial charge in [-0.1, -0.05) is 27.3 Å². The maximum atomic E-state index is 12.2. The molecule has 1 aromatic carbocycles. The van der Waals surface area contributed by atoms with Crippen LogP contribution >= 0.6 is 27.3 Å². The van der Waals surface area contributed by atoms with E-state index in [1.165, 1.54) is 0 Å². The summed E-state index contributed by atoms with van der Waals surface area (Å²) in [6.07, 6.45) is 0.760. The monoisotopic (exact) mass is 425 g/mol. The summed E-state index contributed by atoms with van der Waals surface area (Å²) < 4.78 is 7.69. The Bertz CT molecular complexity index is 771. The lowest BCUT2D eigenvalue weighted by molar-refractivity contribution is 0.0287. The highest BCUT2D eigenvalue weighted by molar-refractivity contribution is 9.10. The van der Waals surface area contributed by atoms with Crippen molar-refractivity contribution >= 4 is 48.7 Å². The lowest BCUT2D eigenvalue weighted by Crippen LogP contribution is -2.36. The van der Waals surface area contributed by atoms with Gasteiger partial charge < -0.3 is 15.0 Å². The summed E-state index contributed by atoms with van der Waals surface area (Å²) in [6, 6.07) is 6.36. The number of carbonyl (C=O) groups excluding carboxylic acids is 1. The number of hydrogen-bond donors (Lipinski definition) is 1. The SMILES string of the molecule is CC(Nc1nc2ccc(Br)cc2s1)C1CCN(C(=O)OC(C)(C)C)C1. The van der Waals surface area contributed by atoms with E-state index in [0.29, 0.717) is 5.92 Å². The van der Waals surface area contributed by atoms with Crippen LogP contribution in [0, 0.1) is 5.92 Å². The molecule has 25 heavy (non-hydrogen) atoms. The fourth-order valence-corrected chi connectivity index (χ4v) is 4.47. The smallest absolute Gasteiger partial charge is 0.410 e. The molecule has 1 fully saturated rings. The van der Waals surface area contributed by atoms with E-state index >= 15 is 0 Å². The van der Waals surface area contributed by atoms with Gasteiger partial charge in [0.1, 0.15) is 5.60 Å². The molecule has 2 atom stereocenters. The molecule has 1 aliphatic heterocycles. The number of nitrogens with zero attached hydrogens (tertiary/aromatic N) is 2. The van der Waals surface area contributed by atoms with E-state index in [4.69, 9.17) is 4.74 Å². The number of benzene rings is 1. The Labute approximate surface area is 160 Å². The number of carbonyl (C=O) groups is 1. The van der Waals surface area contributed by atoms with Crippen molar-refractivity contribution in [2.75, 3.05) is 18.4 Å². The molecule has 0 saturated carbocycles. The molecule has 5 nitrogen and oxygen atoms in total. The number of fused-ring (bicyclic) bond motifs is 1. The largest absolute Gasteiger partial charge is 0.444 e. The van der Waals surface area contributed by atoms with E-state index in [0.717, 1.165) is 39.3 Å². The van der Waals surface area contributed by atoms with Crippen molar-refractivity contribution in [1.82, 2.24) is 9.88 Å². The predicted molar refractivity (Wildman–Crippen MR) is 106 cm³/mol. The number of likely N-dealkylation sites (tertiary alicyclic amines) is 1. The normalized spacial score (nSPS) is 19.2. The van der Waals surface area contributed by atoms with E-state index < -0.39 is 5.60 Å². The van der Waals surface area contributed by atoms with Crippen LogP contribution in [0.4, 0.5) is 9.93 Å². The van der Waals surface area contributed by atoms with Crippen LogP contribution in [-0.2, 0) is 4.74 Å². The van der Waals surface area contributed by atoms with E-state index in [2.05, 4.69) is 39.2 Å². The number of thiazole rings is 1. The molecule has 7 heteroatoms. The van der Waals surface area contributed by atoms with Crippen LogP contribution in [-0.4, -0.2) is 40.7 Å². The molecule has 3 rings (SSSR count). The van der Waals surface area contributed by atoms with Gasteiger partial charge >= 0.3 is 6.09 Å². The lowest BCUT2D eigenvalue weighted by Gasteiger charge is -2.25. The zero-order chi connectivity index (χ0) is 18.2. The minimum atomic E-state index is -0.450. The van der Waals surface area contributed by atoms with Gasteiger partial charge in [-0.2, -0.15) is 0 Å². The van der Waals surface area contributed by atoms with Crippen LogP contribution in [0.3, 0.4) is 0 Å². The minimum Gasteiger partial charge on any atom is -0.444 e. The topological polar surface area (TPSA) is 54.5 Å². The number of nitrogens with one attached hydrogen (secondary N) is 1. The first kappa shape index (κ1) is 18.5. The molecule has 0 spiro atoms. The highest BCUT2D eigenvalue weighted by atomic mass is 79.9. The summed E-state index contributed by atoms with van der Waals surface area (Å²) in [5, 5.41) is 4.44. The van der Waals surface area contributed by atoms with Crippen LogP contribution < -0.4 is 5.32 Å². The Kier molecular flexibility index (Phi) is 5.25. The summed E-state index contributed by atoms with van der Waals surface area (Å²) in [6.45, 7) is 9.32. The third-order valence-corrected chi connectivity index (χ3v) is 5.73. The van der Waals surface area contributed by atoms with Gasteiger partial charge in [-0.3, -0.25) is 0 Å². The Balaban J connectivity index is 1.60. The summed E-state index contributed by atoms with van der Waals surface area (Å²) in [4.78, 5) is 18.7. The first-order valence-corrected chi connectivity index (χ1v) is 10.1. The fraction of sp³-hybridized carbons (Fsp3) is 0.556.